The first-order valence-electron chi connectivity index (χ1n) is 9.82. The van der Waals surface area contributed by atoms with Crippen molar-refractivity contribution < 1.29 is 28.6 Å². The molecule has 0 bridgehead atoms. The Bertz CT molecular complexity index is 1030. The first-order valence-corrected chi connectivity index (χ1v) is 9.82. The van der Waals surface area contributed by atoms with Crippen LogP contribution in [-0.4, -0.2) is 43.9 Å². The molecular weight excluding hydrogens is 386 g/mol. The van der Waals surface area contributed by atoms with Gasteiger partial charge < -0.3 is 24.3 Å². The largest absolute Gasteiger partial charge is 0.493 e. The average molecular weight is 411 g/mol. The number of hydrogen-bond donors (Lipinski definition) is 2. The summed E-state index contributed by atoms with van der Waals surface area (Å²) >= 11 is 0. The van der Waals surface area contributed by atoms with Crippen LogP contribution < -0.4 is 10.1 Å². The van der Waals surface area contributed by atoms with Crippen molar-refractivity contribution in [1.82, 2.24) is 5.32 Å². The Labute approximate surface area is 174 Å². The Hall–Kier alpha value is -3.32. The van der Waals surface area contributed by atoms with E-state index in [-0.39, 0.29) is 32.1 Å². The number of hydrogen-bond acceptors (Lipinski definition) is 6. The molecule has 1 heterocycles. The summed E-state index contributed by atoms with van der Waals surface area (Å²) in [4.78, 5) is 24.7. The fourth-order valence-electron chi connectivity index (χ4n) is 3.26. The summed E-state index contributed by atoms with van der Waals surface area (Å²) in [6.07, 6.45) is 0.685. The number of rotatable bonds is 9. The maximum Gasteiger partial charge on any atom is 0.342 e. The van der Waals surface area contributed by atoms with Gasteiger partial charge in [0.15, 0.2) is 11.3 Å². The van der Waals surface area contributed by atoms with Gasteiger partial charge in [-0.15, -0.1) is 0 Å². The number of ether oxygens (including phenoxy) is 2. The number of amides is 1. The maximum absolute atomic E-state index is 12.8. The van der Waals surface area contributed by atoms with E-state index in [1.165, 1.54) is 7.11 Å². The monoisotopic (exact) mass is 411 g/mol. The average Bonchev–Trinajstić information content (AvgIpc) is 3.16. The van der Waals surface area contributed by atoms with Crippen LogP contribution in [-0.2, 0) is 16.0 Å². The number of esters is 1. The molecule has 0 saturated carbocycles. The van der Waals surface area contributed by atoms with Crippen molar-refractivity contribution in [3.63, 3.8) is 0 Å². The lowest BCUT2D eigenvalue weighted by atomic mass is 10.0. The molecule has 3 rings (SSSR count). The highest BCUT2D eigenvalue weighted by atomic mass is 16.5. The number of benzene rings is 2. The van der Waals surface area contributed by atoms with E-state index in [1.807, 2.05) is 36.4 Å². The number of methoxy groups -OCH3 is 1. The fourth-order valence-corrected chi connectivity index (χ4v) is 3.26. The molecule has 3 aromatic rings. The Balaban J connectivity index is 2.07. The molecule has 2 aromatic carbocycles. The number of furan rings is 1. The molecule has 0 unspecified atom stereocenters. The van der Waals surface area contributed by atoms with Gasteiger partial charge in [0.1, 0.15) is 11.3 Å². The Morgan fingerprint density at radius 3 is 2.60 bits per heavy atom. The molecule has 2 N–H and O–H groups in total. The highest BCUT2D eigenvalue weighted by Crippen LogP contribution is 2.39. The molecule has 0 aliphatic rings. The lowest BCUT2D eigenvalue weighted by molar-refractivity contribution is -0.121. The first-order chi connectivity index (χ1) is 14.6. The van der Waals surface area contributed by atoms with Crippen molar-refractivity contribution in [2.75, 3.05) is 26.9 Å². The van der Waals surface area contributed by atoms with Crippen molar-refractivity contribution in [3.8, 4) is 17.1 Å². The zero-order valence-corrected chi connectivity index (χ0v) is 17.1. The summed E-state index contributed by atoms with van der Waals surface area (Å²) in [5.41, 5.74) is 2.36. The minimum absolute atomic E-state index is 0.105. The summed E-state index contributed by atoms with van der Waals surface area (Å²) < 4.78 is 16.9. The predicted octanol–water partition coefficient (Wildman–Crippen LogP) is 3.33. The van der Waals surface area contributed by atoms with Crippen molar-refractivity contribution in [3.05, 3.63) is 53.6 Å². The lowest BCUT2D eigenvalue weighted by Crippen LogP contribution is -2.26. The number of fused-ring (bicyclic) bond motifs is 1. The highest BCUT2D eigenvalue weighted by Gasteiger charge is 2.25. The molecule has 0 fully saturated rings. The smallest absolute Gasteiger partial charge is 0.342 e. The quantitative estimate of drug-likeness (QED) is 0.524. The van der Waals surface area contributed by atoms with E-state index in [4.69, 9.17) is 19.0 Å². The molecule has 0 atom stereocenters. The third-order valence-electron chi connectivity index (χ3n) is 4.63. The number of aliphatic hydroxyl groups excluding tert-OH is 1. The zero-order chi connectivity index (χ0) is 21.5. The Morgan fingerprint density at radius 2 is 1.93 bits per heavy atom. The number of aliphatic hydroxyl groups is 1. The van der Waals surface area contributed by atoms with Crippen molar-refractivity contribution >= 4 is 22.8 Å². The van der Waals surface area contributed by atoms with Crippen molar-refractivity contribution in [2.24, 2.45) is 0 Å². The summed E-state index contributed by atoms with van der Waals surface area (Å²) in [5, 5.41) is 12.0. The first kappa shape index (κ1) is 21.4. The number of aryl methyl sites for hydroxylation is 1. The predicted molar refractivity (Wildman–Crippen MR) is 113 cm³/mol. The van der Waals surface area contributed by atoms with E-state index in [0.29, 0.717) is 34.5 Å². The van der Waals surface area contributed by atoms with E-state index >= 15 is 0 Å². The van der Waals surface area contributed by atoms with Gasteiger partial charge in [0.2, 0.25) is 5.91 Å². The van der Waals surface area contributed by atoms with E-state index in [0.717, 1.165) is 11.1 Å². The van der Waals surface area contributed by atoms with Crippen LogP contribution in [0.25, 0.3) is 22.3 Å². The molecule has 7 heteroatoms. The maximum atomic E-state index is 12.8. The summed E-state index contributed by atoms with van der Waals surface area (Å²) in [6.45, 7) is 2.10. The lowest BCUT2D eigenvalue weighted by Gasteiger charge is -2.07. The summed E-state index contributed by atoms with van der Waals surface area (Å²) in [6, 6.07) is 13.0. The van der Waals surface area contributed by atoms with Crippen LogP contribution in [0.15, 0.2) is 46.9 Å². The van der Waals surface area contributed by atoms with Crippen LogP contribution in [0.4, 0.5) is 0 Å². The van der Waals surface area contributed by atoms with Gasteiger partial charge in [0.25, 0.3) is 0 Å². The third kappa shape index (κ3) is 4.63. The van der Waals surface area contributed by atoms with Crippen LogP contribution >= 0.6 is 0 Å². The second-order valence-corrected chi connectivity index (χ2v) is 6.64. The second-order valence-electron chi connectivity index (χ2n) is 6.64. The molecular formula is C23H25NO6. The molecule has 0 spiro atoms. The van der Waals surface area contributed by atoms with Crippen LogP contribution in [0.2, 0.25) is 0 Å². The van der Waals surface area contributed by atoms with E-state index < -0.39 is 5.97 Å². The minimum Gasteiger partial charge on any atom is -0.493 e. The molecule has 0 aliphatic heterocycles. The third-order valence-corrected chi connectivity index (χ3v) is 4.63. The SMILES string of the molecule is CCOC(=O)c1c(-c2ccccc2)oc2c(OC)cc(CCC(=O)NCCO)cc12. The highest BCUT2D eigenvalue weighted by molar-refractivity contribution is 6.10. The summed E-state index contributed by atoms with van der Waals surface area (Å²) in [7, 11) is 1.53. The zero-order valence-electron chi connectivity index (χ0n) is 17.1. The van der Waals surface area contributed by atoms with E-state index in [9.17, 15) is 9.59 Å². The van der Waals surface area contributed by atoms with Gasteiger partial charge in [-0.2, -0.15) is 0 Å². The topological polar surface area (TPSA) is 98.0 Å². The fraction of sp³-hybridized carbons (Fsp3) is 0.304. The number of carbonyl (C=O) groups is 2. The van der Waals surface area contributed by atoms with Gasteiger partial charge >= 0.3 is 5.97 Å². The van der Waals surface area contributed by atoms with Gasteiger partial charge in [-0.05, 0) is 31.0 Å². The van der Waals surface area contributed by atoms with Gasteiger partial charge in [0, 0.05) is 23.9 Å². The number of nitrogens with one attached hydrogen (secondary N) is 1. The van der Waals surface area contributed by atoms with Gasteiger partial charge in [-0.3, -0.25) is 4.79 Å². The Kier molecular flexibility index (Phi) is 7.08. The van der Waals surface area contributed by atoms with Crippen LogP contribution in [0.5, 0.6) is 5.75 Å². The minimum atomic E-state index is -0.477. The molecule has 0 saturated heterocycles. The molecule has 1 amide bonds. The van der Waals surface area contributed by atoms with E-state index in [2.05, 4.69) is 5.32 Å². The van der Waals surface area contributed by atoms with Crippen molar-refractivity contribution in [1.29, 1.82) is 0 Å². The standard InChI is InChI=1S/C23H25NO6/c1-3-29-23(27)20-17-13-15(9-10-19(26)24-11-12-25)14-18(28-2)22(17)30-21(20)16-7-5-4-6-8-16/h4-8,13-14,25H,3,9-12H2,1-2H3,(H,24,26). The molecule has 7 nitrogen and oxygen atoms in total. The normalized spacial score (nSPS) is 10.8. The molecule has 0 aliphatic carbocycles. The second kappa shape index (κ2) is 9.93. The van der Waals surface area contributed by atoms with E-state index in [1.54, 1.807) is 13.0 Å². The van der Waals surface area contributed by atoms with Crippen molar-refractivity contribution in [2.45, 2.75) is 19.8 Å². The molecule has 1 aromatic heterocycles. The summed E-state index contributed by atoms with van der Waals surface area (Å²) in [5.74, 6) is 0.257. The van der Waals surface area contributed by atoms with Gasteiger partial charge in [-0.25, -0.2) is 4.79 Å². The van der Waals surface area contributed by atoms with Gasteiger partial charge in [-0.1, -0.05) is 30.3 Å². The molecule has 158 valence electrons. The van der Waals surface area contributed by atoms with Crippen LogP contribution in [0.3, 0.4) is 0 Å². The van der Waals surface area contributed by atoms with Crippen LogP contribution in [0.1, 0.15) is 29.3 Å². The van der Waals surface area contributed by atoms with Crippen LogP contribution in [0, 0.1) is 0 Å². The molecule has 30 heavy (non-hydrogen) atoms. The Morgan fingerprint density at radius 1 is 1.17 bits per heavy atom. The number of carbonyl (C=O) groups excluding carboxylic acids is 2. The van der Waals surface area contributed by atoms with Gasteiger partial charge in [0.05, 0.1) is 20.3 Å². The molecule has 0 radical (unpaired) electrons.